The normalized spacial score (nSPS) is 24.9. The predicted molar refractivity (Wildman–Crippen MR) is 101 cm³/mol. The quantitative estimate of drug-likeness (QED) is 0.527. The lowest BCUT2D eigenvalue weighted by Crippen LogP contribution is -2.45. The van der Waals surface area contributed by atoms with E-state index in [-0.39, 0.29) is 5.60 Å². The minimum absolute atomic E-state index is 0.203. The van der Waals surface area contributed by atoms with E-state index in [4.69, 9.17) is 4.74 Å². The summed E-state index contributed by atoms with van der Waals surface area (Å²) in [6.45, 7) is 8.76. The molecule has 0 aromatic heterocycles. The van der Waals surface area contributed by atoms with Crippen molar-refractivity contribution in [3.8, 4) is 11.5 Å². The van der Waals surface area contributed by atoms with Crippen LogP contribution in [-0.2, 0) is 0 Å². The van der Waals surface area contributed by atoms with Crippen molar-refractivity contribution < 1.29 is 9.84 Å². The van der Waals surface area contributed by atoms with Gasteiger partial charge < -0.3 is 9.84 Å². The fourth-order valence-corrected chi connectivity index (χ4v) is 4.22. The zero-order chi connectivity index (χ0) is 17.3. The van der Waals surface area contributed by atoms with E-state index < -0.39 is 0 Å². The molecule has 2 unspecified atom stereocenters. The van der Waals surface area contributed by atoms with Gasteiger partial charge in [-0.05, 0) is 57.7 Å². The van der Waals surface area contributed by atoms with Crippen molar-refractivity contribution >= 4 is 6.08 Å². The molecule has 0 fully saturated rings. The molecular weight excluding hydrogens is 296 g/mol. The lowest BCUT2D eigenvalue weighted by atomic mass is 9.67. The summed E-state index contributed by atoms with van der Waals surface area (Å²) < 4.78 is 6.35. The molecule has 2 atom stereocenters. The van der Waals surface area contributed by atoms with Crippen LogP contribution in [-0.4, -0.2) is 10.7 Å². The Bertz CT molecular complexity index is 667. The highest BCUT2D eigenvalue weighted by Crippen LogP contribution is 2.54. The largest absolute Gasteiger partial charge is 0.507 e. The van der Waals surface area contributed by atoms with Gasteiger partial charge >= 0.3 is 0 Å². The summed E-state index contributed by atoms with van der Waals surface area (Å²) in [5, 5.41) is 10.7. The van der Waals surface area contributed by atoms with E-state index in [0.717, 1.165) is 36.1 Å². The highest BCUT2D eigenvalue weighted by molar-refractivity contribution is 5.60. The number of allylic oxidation sites excluding steroid dienone is 3. The molecule has 1 aromatic carbocycles. The molecule has 1 heterocycles. The van der Waals surface area contributed by atoms with Crippen LogP contribution in [0.1, 0.15) is 76.8 Å². The number of phenolic OH excluding ortho intramolecular Hbond substituents is 1. The minimum Gasteiger partial charge on any atom is -0.507 e. The Morgan fingerprint density at radius 3 is 2.88 bits per heavy atom. The van der Waals surface area contributed by atoms with Crippen molar-refractivity contribution in [3.63, 3.8) is 0 Å². The van der Waals surface area contributed by atoms with Gasteiger partial charge in [0.05, 0.1) is 0 Å². The third-order valence-corrected chi connectivity index (χ3v) is 5.56. The summed E-state index contributed by atoms with van der Waals surface area (Å²) in [6.07, 6.45) is 12.2. The maximum atomic E-state index is 10.7. The van der Waals surface area contributed by atoms with Gasteiger partial charge in [0.25, 0.3) is 0 Å². The number of hydrogen-bond donors (Lipinski definition) is 1. The second-order valence-electron chi connectivity index (χ2n) is 7.91. The van der Waals surface area contributed by atoms with Crippen LogP contribution < -0.4 is 4.74 Å². The van der Waals surface area contributed by atoms with Crippen molar-refractivity contribution in [2.24, 2.45) is 5.92 Å². The zero-order valence-corrected chi connectivity index (χ0v) is 15.4. The number of hydrogen-bond acceptors (Lipinski definition) is 2. The maximum Gasteiger partial charge on any atom is 0.127 e. The minimum atomic E-state index is -0.203. The van der Waals surface area contributed by atoms with Crippen LogP contribution in [0, 0.1) is 5.92 Å². The topological polar surface area (TPSA) is 29.5 Å². The van der Waals surface area contributed by atoms with Gasteiger partial charge in [0, 0.05) is 17.4 Å². The molecule has 2 heteroatoms. The number of phenols is 1. The first kappa shape index (κ1) is 17.1. The van der Waals surface area contributed by atoms with Gasteiger partial charge in [0.15, 0.2) is 0 Å². The molecule has 1 aliphatic heterocycles. The van der Waals surface area contributed by atoms with E-state index in [2.05, 4.69) is 52.0 Å². The third kappa shape index (κ3) is 3.24. The first-order valence-corrected chi connectivity index (χ1v) is 9.30. The first-order valence-electron chi connectivity index (χ1n) is 9.30. The Morgan fingerprint density at radius 1 is 1.33 bits per heavy atom. The lowest BCUT2D eigenvalue weighted by molar-refractivity contribution is 0.00760. The first-order chi connectivity index (χ1) is 11.4. The molecule has 0 saturated heterocycles. The molecule has 130 valence electrons. The molecule has 24 heavy (non-hydrogen) atoms. The standard InChI is InChI=1S/C22H30O2/c1-5-6-7-8-9-16-13-19(23)21-17-12-15(2)10-11-18(17)22(3,4)24-20(21)14-16/h8-10,13-14,17-18,23H,5-7,11-12H2,1-4H3/b9-8-. The van der Waals surface area contributed by atoms with E-state index in [1.165, 1.54) is 18.4 Å². The van der Waals surface area contributed by atoms with Gasteiger partial charge in [0.1, 0.15) is 17.1 Å². The molecule has 1 N–H and O–H groups in total. The molecule has 3 rings (SSSR count). The molecule has 0 saturated carbocycles. The summed E-state index contributed by atoms with van der Waals surface area (Å²) >= 11 is 0. The third-order valence-electron chi connectivity index (χ3n) is 5.56. The van der Waals surface area contributed by atoms with Gasteiger partial charge in [-0.1, -0.05) is 43.6 Å². The zero-order valence-electron chi connectivity index (χ0n) is 15.4. The van der Waals surface area contributed by atoms with Crippen LogP contribution in [0.25, 0.3) is 6.08 Å². The van der Waals surface area contributed by atoms with E-state index in [1.54, 1.807) is 0 Å². The second kappa shape index (κ2) is 6.66. The molecule has 0 spiro atoms. The highest BCUT2D eigenvalue weighted by atomic mass is 16.5. The van der Waals surface area contributed by atoms with Gasteiger partial charge in [-0.25, -0.2) is 0 Å². The summed E-state index contributed by atoms with van der Waals surface area (Å²) in [4.78, 5) is 0. The van der Waals surface area contributed by atoms with Gasteiger partial charge in [0.2, 0.25) is 0 Å². The Hall–Kier alpha value is -1.70. The second-order valence-corrected chi connectivity index (χ2v) is 7.91. The number of fused-ring (bicyclic) bond motifs is 3. The molecule has 1 aliphatic carbocycles. The SMILES string of the molecule is CCCC/C=C\c1cc(O)c2c(c1)OC(C)(C)C1CC=C(C)CC21. The Kier molecular flexibility index (Phi) is 4.76. The lowest BCUT2D eigenvalue weighted by Gasteiger charge is -2.47. The maximum absolute atomic E-state index is 10.7. The van der Waals surface area contributed by atoms with Crippen molar-refractivity contribution in [2.45, 2.75) is 71.3 Å². The van der Waals surface area contributed by atoms with Crippen LogP contribution >= 0.6 is 0 Å². The summed E-state index contributed by atoms with van der Waals surface area (Å²) in [5.74, 6) is 2.03. The van der Waals surface area contributed by atoms with Crippen LogP contribution in [0.15, 0.2) is 29.9 Å². The fourth-order valence-electron chi connectivity index (χ4n) is 4.22. The van der Waals surface area contributed by atoms with E-state index in [9.17, 15) is 5.11 Å². The van der Waals surface area contributed by atoms with Crippen LogP contribution in [0.4, 0.5) is 0 Å². The van der Waals surface area contributed by atoms with Crippen molar-refractivity contribution in [1.29, 1.82) is 0 Å². The van der Waals surface area contributed by atoms with E-state index in [1.807, 2.05) is 6.07 Å². The van der Waals surface area contributed by atoms with Crippen molar-refractivity contribution in [1.82, 2.24) is 0 Å². The molecule has 2 aliphatic rings. The highest BCUT2D eigenvalue weighted by Gasteiger charge is 2.45. The average Bonchev–Trinajstić information content (AvgIpc) is 2.50. The van der Waals surface area contributed by atoms with Crippen molar-refractivity contribution in [2.75, 3.05) is 0 Å². The number of benzene rings is 1. The number of unbranched alkanes of at least 4 members (excludes halogenated alkanes) is 2. The number of rotatable bonds is 4. The molecular formula is C22H30O2. The van der Waals surface area contributed by atoms with E-state index >= 15 is 0 Å². The van der Waals surface area contributed by atoms with Gasteiger partial charge in [-0.2, -0.15) is 0 Å². The average molecular weight is 326 g/mol. The molecule has 1 aromatic rings. The van der Waals surface area contributed by atoms with Crippen LogP contribution in [0.2, 0.25) is 0 Å². The summed E-state index contributed by atoms with van der Waals surface area (Å²) in [6, 6.07) is 4.00. The van der Waals surface area contributed by atoms with Gasteiger partial charge in [-0.3, -0.25) is 0 Å². The summed E-state index contributed by atoms with van der Waals surface area (Å²) in [5.41, 5.74) is 3.26. The van der Waals surface area contributed by atoms with Gasteiger partial charge in [-0.15, -0.1) is 0 Å². The van der Waals surface area contributed by atoms with E-state index in [0.29, 0.717) is 17.6 Å². The Balaban J connectivity index is 1.96. The Morgan fingerprint density at radius 2 is 2.12 bits per heavy atom. The molecule has 0 bridgehead atoms. The number of ether oxygens (including phenoxy) is 1. The monoisotopic (exact) mass is 326 g/mol. The fraction of sp³-hybridized carbons (Fsp3) is 0.545. The van der Waals surface area contributed by atoms with Crippen LogP contribution in [0.3, 0.4) is 0 Å². The smallest absolute Gasteiger partial charge is 0.127 e. The molecule has 0 amide bonds. The van der Waals surface area contributed by atoms with Crippen molar-refractivity contribution in [3.05, 3.63) is 41.0 Å². The molecule has 0 radical (unpaired) electrons. The van der Waals surface area contributed by atoms with Crippen LogP contribution in [0.5, 0.6) is 11.5 Å². The molecule has 2 nitrogen and oxygen atoms in total. The number of aromatic hydroxyl groups is 1. The predicted octanol–water partition coefficient (Wildman–Crippen LogP) is 6.21. The summed E-state index contributed by atoms with van der Waals surface area (Å²) in [7, 11) is 0. The Labute approximate surface area is 146 Å².